The topological polar surface area (TPSA) is 86.0 Å². The van der Waals surface area contributed by atoms with Gasteiger partial charge in [0, 0.05) is 46.5 Å². The Kier molecular flexibility index (Phi) is 7.49. The molecule has 39 heavy (non-hydrogen) atoms. The van der Waals surface area contributed by atoms with E-state index in [9.17, 15) is 13.2 Å². The number of methoxy groups -OCH3 is 1. The summed E-state index contributed by atoms with van der Waals surface area (Å²) in [4.78, 5) is 14.5. The molecule has 0 radical (unpaired) electrons. The molecule has 3 N–H and O–H groups in total. The Bertz CT molecular complexity index is 1590. The lowest BCUT2D eigenvalue weighted by Gasteiger charge is -2.15. The molecule has 0 saturated heterocycles. The van der Waals surface area contributed by atoms with Crippen molar-refractivity contribution in [2.24, 2.45) is 5.73 Å². The molecule has 10 heteroatoms. The molecule has 5 aromatic rings. The second-order valence-corrected chi connectivity index (χ2v) is 10.3. The van der Waals surface area contributed by atoms with E-state index in [1.165, 1.54) is 24.5 Å². The molecule has 0 aliphatic carbocycles. The van der Waals surface area contributed by atoms with E-state index < -0.39 is 11.7 Å². The number of thiophene rings is 1. The highest BCUT2D eigenvalue weighted by molar-refractivity contribution is 7.20. The standard InChI is InChI=1S/C29H26F3N5OS/c1-17-24(22-15-20(29(30,31)32)8-9-23(22)38-2)25-26(39-17)28(37-27(36-25)19-10-12-34-13-11-19)35-16-21(33)14-18-6-4-3-5-7-18/h3-13,15,21H,14,16,33H2,1-2H3,(H,35,36,37). The molecule has 0 saturated carbocycles. The van der Waals surface area contributed by atoms with Crippen molar-refractivity contribution in [2.45, 2.75) is 25.6 Å². The number of benzene rings is 2. The molecule has 3 aromatic heterocycles. The summed E-state index contributed by atoms with van der Waals surface area (Å²) in [6.07, 6.45) is -0.544. The Labute approximate surface area is 227 Å². The summed E-state index contributed by atoms with van der Waals surface area (Å²) >= 11 is 1.41. The average molecular weight is 550 g/mol. The highest BCUT2D eigenvalue weighted by Gasteiger charge is 2.32. The van der Waals surface area contributed by atoms with E-state index in [1.54, 1.807) is 24.5 Å². The van der Waals surface area contributed by atoms with Gasteiger partial charge >= 0.3 is 6.18 Å². The zero-order valence-corrected chi connectivity index (χ0v) is 22.1. The van der Waals surface area contributed by atoms with Gasteiger partial charge in [0.25, 0.3) is 0 Å². The quantitative estimate of drug-likeness (QED) is 0.223. The van der Waals surface area contributed by atoms with Crippen molar-refractivity contribution in [2.75, 3.05) is 19.0 Å². The van der Waals surface area contributed by atoms with Crippen LogP contribution in [0.15, 0.2) is 73.1 Å². The Hall–Kier alpha value is -4.02. The molecule has 3 heterocycles. The van der Waals surface area contributed by atoms with Gasteiger partial charge in [0.05, 0.1) is 22.9 Å². The van der Waals surface area contributed by atoms with Crippen LogP contribution in [0.2, 0.25) is 0 Å². The Balaban J connectivity index is 1.62. The van der Waals surface area contributed by atoms with Gasteiger partial charge in [-0.05, 0) is 49.2 Å². The van der Waals surface area contributed by atoms with Crippen molar-refractivity contribution < 1.29 is 17.9 Å². The summed E-state index contributed by atoms with van der Waals surface area (Å²) in [6, 6.07) is 16.8. The number of ether oxygens (including phenoxy) is 1. The number of nitrogens with two attached hydrogens (primary N) is 1. The van der Waals surface area contributed by atoms with Crippen LogP contribution in [-0.2, 0) is 12.6 Å². The van der Waals surface area contributed by atoms with Gasteiger partial charge in [0.15, 0.2) is 5.82 Å². The predicted octanol–water partition coefficient (Wildman–Crippen LogP) is 6.74. The van der Waals surface area contributed by atoms with Crippen molar-refractivity contribution in [1.82, 2.24) is 15.0 Å². The second-order valence-electron chi connectivity index (χ2n) is 9.09. The van der Waals surface area contributed by atoms with Crippen molar-refractivity contribution in [3.63, 3.8) is 0 Å². The van der Waals surface area contributed by atoms with Crippen molar-refractivity contribution >= 4 is 27.4 Å². The molecule has 200 valence electrons. The first kappa shape index (κ1) is 26.6. The fraction of sp³-hybridized carbons (Fsp3) is 0.207. The summed E-state index contributed by atoms with van der Waals surface area (Å²) in [7, 11) is 1.44. The van der Waals surface area contributed by atoms with E-state index >= 15 is 0 Å². The lowest BCUT2D eigenvalue weighted by molar-refractivity contribution is -0.137. The number of pyridine rings is 1. The molecule has 0 aliphatic rings. The molecular weight excluding hydrogens is 523 g/mol. The molecule has 1 unspecified atom stereocenters. The summed E-state index contributed by atoms with van der Waals surface area (Å²) < 4.78 is 47.2. The zero-order valence-electron chi connectivity index (χ0n) is 21.3. The molecule has 0 aliphatic heterocycles. The van der Waals surface area contributed by atoms with Crippen molar-refractivity contribution in [1.29, 1.82) is 0 Å². The highest BCUT2D eigenvalue weighted by Crippen LogP contribution is 2.45. The molecule has 5 rings (SSSR count). The summed E-state index contributed by atoms with van der Waals surface area (Å²) in [5, 5.41) is 3.38. The number of aromatic nitrogens is 3. The van der Waals surface area contributed by atoms with Gasteiger partial charge < -0.3 is 15.8 Å². The molecular formula is C29H26F3N5OS. The molecule has 2 aromatic carbocycles. The smallest absolute Gasteiger partial charge is 0.416 e. The van der Waals surface area contributed by atoms with E-state index in [0.717, 1.165) is 32.8 Å². The van der Waals surface area contributed by atoms with Gasteiger partial charge in [-0.1, -0.05) is 30.3 Å². The van der Waals surface area contributed by atoms with Crippen LogP contribution in [-0.4, -0.2) is 34.6 Å². The maximum Gasteiger partial charge on any atom is 0.416 e. The van der Waals surface area contributed by atoms with Crippen LogP contribution < -0.4 is 15.8 Å². The Morgan fingerprint density at radius 3 is 2.46 bits per heavy atom. The first-order valence-electron chi connectivity index (χ1n) is 12.2. The third-order valence-corrected chi connectivity index (χ3v) is 7.42. The third kappa shape index (κ3) is 5.71. The number of anilines is 1. The van der Waals surface area contributed by atoms with Gasteiger partial charge in [-0.2, -0.15) is 13.2 Å². The first-order chi connectivity index (χ1) is 18.7. The number of hydrogen-bond acceptors (Lipinski definition) is 7. The number of hydrogen-bond donors (Lipinski definition) is 2. The summed E-state index contributed by atoms with van der Waals surface area (Å²) in [5.41, 5.74) is 8.97. The van der Waals surface area contributed by atoms with Gasteiger partial charge in [-0.15, -0.1) is 11.3 Å². The first-order valence-corrected chi connectivity index (χ1v) is 13.1. The number of nitrogens with one attached hydrogen (secondary N) is 1. The van der Waals surface area contributed by atoms with Crippen LogP contribution in [0, 0.1) is 6.92 Å². The minimum Gasteiger partial charge on any atom is -0.496 e. The van der Waals surface area contributed by atoms with Crippen LogP contribution in [0.5, 0.6) is 5.75 Å². The maximum absolute atomic E-state index is 13.6. The van der Waals surface area contributed by atoms with E-state index in [-0.39, 0.29) is 6.04 Å². The minimum absolute atomic E-state index is 0.189. The largest absolute Gasteiger partial charge is 0.496 e. The minimum atomic E-state index is -4.50. The normalized spacial score (nSPS) is 12.5. The molecule has 1 atom stereocenters. The summed E-state index contributed by atoms with van der Waals surface area (Å²) in [5.74, 6) is 1.32. The second kappa shape index (κ2) is 11.0. The van der Waals surface area contributed by atoms with E-state index in [4.69, 9.17) is 20.4 Å². The number of rotatable bonds is 8. The highest BCUT2D eigenvalue weighted by atomic mass is 32.1. The van der Waals surface area contributed by atoms with Crippen LogP contribution in [0.25, 0.3) is 32.7 Å². The average Bonchev–Trinajstić information content (AvgIpc) is 3.27. The molecule has 6 nitrogen and oxygen atoms in total. The summed E-state index contributed by atoms with van der Waals surface area (Å²) in [6.45, 7) is 2.30. The van der Waals surface area contributed by atoms with E-state index in [1.807, 2.05) is 37.3 Å². The number of aryl methyl sites for hydroxylation is 1. The van der Waals surface area contributed by atoms with Gasteiger partial charge in [0.2, 0.25) is 0 Å². The number of alkyl halides is 3. The fourth-order valence-corrected chi connectivity index (χ4v) is 5.52. The third-order valence-electron chi connectivity index (χ3n) is 6.32. The molecule has 0 fully saturated rings. The number of halogens is 3. The van der Waals surface area contributed by atoms with Gasteiger partial charge in [-0.3, -0.25) is 4.98 Å². The van der Waals surface area contributed by atoms with E-state index in [0.29, 0.717) is 47.0 Å². The predicted molar refractivity (Wildman–Crippen MR) is 149 cm³/mol. The molecule has 0 amide bonds. The van der Waals surface area contributed by atoms with Crippen molar-refractivity contribution in [3.05, 3.63) is 89.1 Å². The monoisotopic (exact) mass is 549 g/mol. The van der Waals surface area contributed by atoms with Crippen LogP contribution in [0.4, 0.5) is 19.0 Å². The lowest BCUT2D eigenvalue weighted by Crippen LogP contribution is -2.31. The fourth-order valence-electron chi connectivity index (χ4n) is 4.45. The van der Waals surface area contributed by atoms with Gasteiger partial charge in [-0.25, -0.2) is 9.97 Å². The van der Waals surface area contributed by atoms with Gasteiger partial charge in [0.1, 0.15) is 11.6 Å². The molecule has 0 bridgehead atoms. The zero-order chi connectivity index (χ0) is 27.6. The van der Waals surface area contributed by atoms with Crippen LogP contribution in [0.3, 0.4) is 0 Å². The van der Waals surface area contributed by atoms with Crippen molar-refractivity contribution in [3.8, 4) is 28.3 Å². The lowest BCUT2D eigenvalue weighted by atomic mass is 10.0. The Morgan fingerprint density at radius 2 is 1.77 bits per heavy atom. The number of nitrogens with zero attached hydrogens (tertiary/aromatic N) is 3. The maximum atomic E-state index is 13.6. The van der Waals surface area contributed by atoms with E-state index in [2.05, 4.69) is 10.3 Å². The SMILES string of the molecule is COc1ccc(C(F)(F)F)cc1-c1c(C)sc2c(NCC(N)Cc3ccccc3)nc(-c3ccncc3)nc12. The molecule has 0 spiro atoms. The number of fused-ring (bicyclic) bond motifs is 1. The van der Waals surface area contributed by atoms with Crippen LogP contribution in [0.1, 0.15) is 16.0 Å². The van der Waals surface area contributed by atoms with Crippen LogP contribution >= 0.6 is 11.3 Å². The Morgan fingerprint density at radius 1 is 1.03 bits per heavy atom.